The van der Waals surface area contributed by atoms with E-state index in [1.807, 2.05) is 10.6 Å². The number of aromatic nitrogens is 5. The second-order valence-electron chi connectivity index (χ2n) is 6.07. The third kappa shape index (κ3) is 3.73. The van der Waals surface area contributed by atoms with E-state index in [4.69, 9.17) is 0 Å². The van der Waals surface area contributed by atoms with Crippen LogP contribution < -0.4 is 10.9 Å². The Morgan fingerprint density at radius 1 is 1.28 bits per heavy atom. The first-order valence-electron chi connectivity index (χ1n) is 8.17. The number of hydrogen-bond donors (Lipinski definition) is 2. The summed E-state index contributed by atoms with van der Waals surface area (Å²) in [4.78, 5) is 24.0. The maximum atomic E-state index is 12.2. The first-order chi connectivity index (χ1) is 12.1. The molecule has 25 heavy (non-hydrogen) atoms. The Morgan fingerprint density at radius 3 is 2.80 bits per heavy atom. The second-order valence-corrected chi connectivity index (χ2v) is 6.07. The van der Waals surface area contributed by atoms with E-state index in [1.54, 1.807) is 24.5 Å². The maximum Gasteiger partial charge on any atom is 0.272 e. The fourth-order valence-corrected chi connectivity index (χ4v) is 2.71. The van der Waals surface area contributed by atoms with Crippen LogP contribution >= 0.6 is 0 Å². The molecule has 2 heterocycles. The van der Waals surface area contributed by atoms with Crippen LogP contribution in [-0.4, -0.2) is 37.4 Å². The minimum Gasteiger partial charge on any atom is -0.355 e. The van der Waals surface area contributed by atoms with Gasteiger partial charge in [-0.05, 0) is 19.9 Å². The predicted molar refractivity (Wildman–Crippen MR) is 93.2 cm³/mol. The Kier molecular flexibility index (Phi) is 4.87. The van der Waals surface area contributed by atoms with Gasteiger partial charge < -0.3 is 9.88 Å². The summed E-state index contributed by atoms with van der Waals surface area (Å²) in [7, 11) is 0. The fourth-order valence-electron chi connectivity index (χ4n) is 2.71. The quantitative estimate of drug-likeness (QED) is 0.696. The molecule has 0 unspecified atom stereocenters. The van der Waals surface area contributed by atoms with Gasteiger partial charge in [-0.3, -0.25) is 9.59 Å². The smallest absolute Gasteiger partial charge is 0.272 e. The van der Waals surface area contributed by atoms with Crippen LogP contribution in [0.1, 0.15) is 31.4 Å². The lowest BCUT2D eigenvalue weighted by Crippen LogP contribution is -2.29. The molecule has 2 N–H and O–H groups in total. The molecule has 130 valence electrons. The molecule has 2 aromatic heterocycles. The molecular weight excluding hydrogens is 320 g/mol. The lowest BCUT2D eigenvalue weighted by atomic mass is 10.1. The van der Waals surface area contributed by atoms with Gasteiger partial charge in [0, 0.05) is 24.4 Å². The number of rotatable bonds is 6. The first-order valence-corrected chi connectivity index (χ1v) is 8.17. The molecule has 0 fully saturated rings. The summed E-state index contributed by atoms with van der Waals surface area (Å²) in [6.45, 7) is 4.57. The molecule has 0 aliphatic rings. The van der Waals surface area contributed by atoms with Gasteiger partial charge in [0.05, 0.1) is 17.5 Å². The highest BCUT2D eigenvalue weighted by Crippen LogP contribution is 2.12. The van der Waals surface area contributed by atoms with Crippen molar-refractivity contribution in [3.63, 3.8) is 0 Å². The Hall–Kier alpha value is -3.03. The summed E-state index contributed by atoms with van der Waals surface area (Å²) in [6.07, 6.45) is 2.40. The number of carbonyl (C=O) groups is 1. The van der Waals surface area contributed by atoms with Gasteiger partial charge in [0.2, 0.25) is 5.91 Å². The molecule has 0 aliphatic carbocycles. The third-order valence-corrected chi connectivity index (χ3v) is 3.98. The minimum atomic E-state index is -0.257. The lowest BCUT2D eigenvalue weighted by molar-refractivity contribution is -0.120. The molecule has 0 atom stereocenters. The molecule has 0 radical (unpaired) electrons. The number of H-pyrrole nitrogens is 1. The van der Waals surface area contributed by atoms with E-state index in [9.17, 15) is 9.59 Å². The van der Waals surface area contributed by atoms with Gasteiger partial charge in [0.15, 0.2) is 0 Å². The zero-order valence-electron chi connectivity index (χ0n) is 14.2. The van der Waals surface area contributed by atoms with Crippen LogP contribution in [0.25, 0.3) is 10.8 Å². The molecule has 0 bridgehead atoms. The number of amides is 1. The maximum absolute atomic E-state index is 12.2. The highest BCUT2D eigenvalue weighted by Gasteiger charge is 2.11. The minimum absolute atomic E-state index is 0.105. The van der Waals surface area contributed by atoms with Crippen molar-refractivity contribution in [3.8, 4) is 0 Å². The lowest BCUT2D eigenvalue weighted by Gasteiger charge is -2.10. The highest BCUT2D eigenvalue weighted by atomic mass is 16.1. The molecule has 8 nitrogen and oxygen atoms in total. The molecule has 0 saturated heterocycles. The predicted octanol–water partition coefficient (Wildman–Crippen LogP) is 0.997. The molecule has 1 aromatic carbocycles. The highest BCUT2D eigenvalue weighted by molar-refractivity contribution is 5.88. The summed E-state index contributed by atoms with van der Waals surface area (Å²) in [6, 6.07) is 7.40. The van der Waals surface area contributed by atoms with Crippen molar-refractivity contribution < 1.29 is 4.79 Å². The van der Waals surface area contributed by atoms with Gasteiger partial charge >= 0.3 is 0 Å². The van der Waals surface area contributed by atoms with Gasteiger partial charge in [0.1, 0.15) is 12.2 Å². The molecule has 0 aliphatic heterocycles. The van der Waals surface area contributed by atoms with Crippen LogP contribution in [0.3, 0.4) is 0 Å². The monoisotopic (exact) mass is 340 g/mol. The Labute approximate surface area is 144 Å². The Morgan fingerprint density at radius 2 is 2.04 bits per heavy atom. The second kappa shape index (κ2) is 7.25. The molecule has 3 rings (SSSR count). The van der Waals surface area contributed by atoms with Crippen molar-refractivity contribution >= 4 is 16.7 Å². The van der Waals surface area contributed by atoms with E-state index in [0.29, 0.717) is 29.4 Å². The van der Waals surface area contributed by atoms with Crippen LogP contribution in [0.5, 0.6) is 0 Å². The number of benzene rings is 1. The summed E-state index contributed by atoms with van der Waals surface area (Å²) in [5, 5.41) is 18.5. The van der Waals surface area contributed by atoms with Crippen molar-refractivity contribution in [2.75, 3.05) is 6.54 Å². The topological polar surface area (TPSA) is 106 Å². The van der Waals surface area contributed by atoms with Crippen molar-refractivity contribution in [1.29, 1.82) is 0 Å². The van der Waals surface area contributed by atoms with E-state index in [2.05, 4.69) is 39.6 Å². The summed E-state index contributed by atoms with van der Waals surface area (Å²) >= 11 is 0. The van der Waals surface area contributed by atoms with Crippen molar-refractivity contribution in [3.05, 3.63) is 52.5 Å². The first kappa shape index (κ1) is 16.8. The molecule has 1 amide bonds. The van der Waals surface area contributed by atoms with Gasteiger partial charge in [-0.1, -0.05) is 18.2 Å². The molecule has 8 heteroatoms. The average molecular weight is 340 g/mol. The van der Waals surface area contributed by atoms with Gasteiger partial charge in [0.25, 0.3) is 5.56 Å². The van der Waals surface area contributed by atoms with E-state index >= 15 is 0 Å². The number of aromatic amines is 1. The average Bonchev–Trinajstić information content (AvgIpc) is 3.06. The largest absolute Gasteiger partial charge is 0.355 e. The number of nitrogens with zero attached hydrogens (tertiary/aromatic N) is 4. The van der Waals surface area contributed by atoms with Gasteiger partial charge in [-0.25, -0.2) is 5.10 Å². The summed E-state index contributed by atoms with van der Waals surface area (Å²) < 4.78 is 1.98. The zero-order valence-corrected chi connectivity index (χ0v) is 14.2. The molecular formula is C17H20N6O2. The number of fused-ring (bicyclic) bond motifs is 1. The van der Waals surface area contributed by atoms with E-state index < -0.39 is 0 Å². The van der Waals surface area contributed by atoms with Crippen LogP contribution in [-0.2, 0) is 17.6 Å². The van der Waals surface area contributed by atoms with E-state index in [-0.39, 0.29) is 23.9 Å². The molecule has 3 aromatic rings. The summed E-state index contributed by atoms with van der Waals surface area (Å²) in [5.74, 6) is 0.684. The van der Waals surface area contributed by atoms with Crippen molar-refractivity contribution in [1.82, 2.24) is 30.3 Å². The Bertz CT molecular complexity index is 943. The summed E-state index contributed by atoms with van der Waals surface area (Å²) in [5.41, 5.74) is 0.297. The number of carbonyl (C=O) groups excluding carboxylic acids is 1. The van der Waals surface area contributed by atoms with Gasteiger partial charge in [-0.15, -0.1) is 10.2 Å². The fraction of sp³-hybridized carbons (Fsp3) is 0.353. The van der Waals surface area contributed by atoms with Gasteiger partial charge in [-0.2, -0.15) is 5.10 Å². The van der Waals surface area contributed by atoms with E-state index in [0.717, 1.165) is 5.82 Å². The van der Waals surface area contributed by atoms with E-state index in [1.165, 1.54) is 0 Å². The standard InChI is InChI=1S/C17H20N6O2/c1-11(2)23-10-19-21-15(23)7-8-18-16(24)9-14-12-5-3-4-6-13(12)17(25)22-20-14/h3-6,10-11H,7-9H2,1-2H3,(H,18,24)(H,22,25). The third-order valence-electron chi connectivity index (χ3n) is 3.98. The SMILES string of the molecule is CC(C)n1cnnc1CCNC(=O)Cc1n[nH]c(=O)c2ccccc12. The van der Waals surface area contributed by atoms with Crippen LogP contribution in [0.15, 0.2) is 35.4 Å². The molecule has 0 saturated carbocycles. The van der Waals surface area contributed by atoms with Crippen LogP contribution in [0.2, 0.25) is 0 Å². The number of nitrogens with one attached hydrogen (secondary N) is 2. The Balaban J connectivity index is 1.63. The van der Waals surface area contributed by atoms with Crippen molar-refractivity contribution in [2.24, 2.45) is 0 Å². The van der Waals surface area contributed by atoms with Crippen LogP contribution in [0.4, 0.5) is 0 Å². The number of hydrogen-bond acceptors (Lipinski definition) is 5. The zero-order chi connectivity index (χ0) is 17.8. The van der Waals surface area contributed by atoms with Crippen LogP contribution in [0, 0.1) is 0 Å². The molecule has 0 spiro atoms. The van der Waals surface area contributed by atoms with Crippen molar-refractivity contribution in [2.45, 2.75) is 32.7 Å². The normalized spacial score (nSPS) is 11.2.